The number of rotatable bonds is 8. The van der Waals surface area contributed by atoms with Crippen molar-refractivity contribution in [3.05, 3.63) is 94.6 Å². The van der Waals surface area contributed by atoms with Crippen molar-refractivity contribution in [3.8, 4) is 0 Å². The van der Waals surface area contributed by atoms with Crippen LogP contribution in [0.4, 0.5) is 27.6 Å². The van der Waals surface area contributed by atoms with Gasteiger partial charge in [0.05, 0.1) is 16.8 Å². The molecule has 2 aromatic rings. The average Bonchev–Trinajstić information content (AvgIpc) is 2.86. The normalized spacial score (nSPS) is 14.6. The third-order valence-electron chi connectivity index (χ3n) is 5.33. The standard InChI is InChI=1S/C26H24F5N5O2/c1-14(2)24(37)35-12-15-9-20(22(23(27)28)34-11-15)25(38)36-19-7-8-21(32)16(10-19)13-33-18-5-3-17(4-6-18)26(29,30)31/h3-11,13-14,23,32-33H,12H2,1-2H3,(H,35,37)(H,36,38)/b16-13-,32-21?. The highest BCUT2D eigenvalue weighted by Gasteiger charge is 2.30. The van der Waals surface area contributed by atoms with Crippen LogP contribution in [0.25, 0.3) is 0 Å². The monoisotopic (exact) mass is 533 g/mol. The maximum absolute atomic E-state index is 13.5. The van der Waals surface area contributed by atoms with Crippen molar-refractivity contribution in [2.45, 2.75) is 33.0 Å². The number of hydrogen-bond donors (Lipinski definition) is 4. The maximum atomic E-state index is 13.5. The molecule has 3 rings (SSSR count). The van der Waals surface area contributed by atoms with Crippen molar-refractivity contribution >= 4 is 23.2 Å². The molecule has 1 aliphatic carbocycles. The zero-order valence-electron chi connectivity index (χ0n) is 20.3. The molecular formula is C26H24F5N5O2. The first-order valence-electron chi connectivity index (χ1n) is 11.3. The number of carbonyl (C=O) groups excluding carboxylic acids is 2. The van der Waals surface area contributed by atoms with Gasteiger partial charge in [-0.25, -0.2) is 8.78 Å². The van der Waals surface area contributed by atoms with Gasteiger partial charge in [-0.05, 0) is 54.1 Å². The lowest BCUT2D eigenvalue weighted by Crippen LogP contribution is -2.28. The molecule has 7 nitrogen and oxygen atoms in total. The lowest BCUT2D eigenvalue weighted by Gasteiger charge is -2.15. The van der Waals surface area contributed by atoms with E-state index in [0.717, 1.165) is 18.3 Å². The number of alkyl halides is 5. The Morgan fingerprint density at radius 1 is 1.11 bits per heavy atom. The van der Waals surface area contributed by atoms with Gasteiger partial charge in [0.2, 0.25) is 5.91 Å². The van der Waals surface area contributed by atoms with E-state index in [-0.39, 0.29) is 40.9 Å². The van der Waals surface area contributed by atoms with Gasteiger partial charge in [-0.1, -0.05) is 13.8 Å². The molecule has 1 heterocycles. The van der Waals surface area contributed by atoms with E-state index in [9.17, 15) is 31.5 Å². The molecule has 0 unspecified atom stereocenters. The van der Waals surface area contributed by atoms with Gasteiger partial charge in [0, 0.05) is 41.8 Å². The summed E-state index contributed by atoms with van der Waals surface area (Å²) in [6, 6.07) is 5.49. The predicted octanol–water partition coefficient (Wildman–Crippen LogP) is 5.51. The largest absolute Gasteiger partial charge is 0.416 e. The SMILES string of the molecule is CC(C)C(=O)NCc1cnc(C(F)F)c(C(=O)NC2=C/C(=C/Nc3ccc(C(F)(F)F)cc3)C(=N)C=C2)c1. The molecule has 0 aliphatic heterocycles. The molecule has 12 heteroatoms. The number of pyridine rings is 1. The third-order valence-corrected chi connectivity index (χ3v) is 5.33. The van der Waals surface area contributed by atoms with Crippen molar-refractivity contribution in [1.82, 2.24) is 15.6 Å². The second-order valence-corrected chi connectivity index (χ2v) is 8.57. The quantitative estimate of drug-likeness (QED) is 0.336. The summed E-state index contributed by atoms with van der Waals surface area (Å²) < 4.78 is 65.3. The number of aromatic nitrogens is 1. The smallest absolute Gasteiger partial charge is 0.361 e. The second kappa shape index (κ2) is 11.8. The Balaban J connectivity index is 1.77. The van der Waals surface area contributed by atoms with Crippen molar-refractivity contribution in [2.24, 2.45) is 5.92 Å². The second-order valence-electron chi connectivity index (χ2n) is 8.57. The number of nitrogens with one attached hydrogen (secondary N) is 4. The Labute approximate surface area is 215 Å². The summed E-state index contributed by atoms with van der Waals surface area (Å²) in [6.07, 6.45) is -0.803. The Morgan fingerprint density at radius 2 is 1.79 bits per heavy atom. The Kier molecular flexibility index (Phi) is 8.76. The van der Waals surface area contributed by atoms with Crippen LogP contribution in [0.1, 0.15) is 47.5 Å². The molecule has 2 amide bonds. The summed E-state index contributed by atoms with van der Waals surface area (Å²) in [5, 5.41) is 16.0. The van der Waals surface area contributed by atoms with Crippen LogP contribution in [0.5, 0.6) is 0 Å². The van der Waals surface area contributed by atoms with Crippen LogP contribution in [0.15, 0.2) is 72.2 Å². The number of nitrogens with zero attached hydrogens (tertiary/aromatic N) is 1. The molecule has 0 saturated heterocycles. The predicted molar refractivity (Wildman–Crippen MR) is 131 cm³/mol. The molecule has 1 aromatic carbocycles. The summed E-state index contributed by atoms with van der Waals surface area (Å²) in [4.78, 5) is 28.4. The molecule has 0 bridgehead atoms. The zero-order valence-corrected chi connectivity index (χ0v) is 20.3. The van der Waals surface area contributed by atoms with Crippen molar-refractivity contribution in [1.29, 1.82) is 5.41 Å². The van der Waals surface area contributed by atoms with Crippen molar-refractivity contribution in [2.75, 3.05) is 5.32 Å². The van der Waals surface area contributed by atoms with E-state index >= 15 is 0 Å². The minimum absolute atomic E-state index is 0.00389. The molecule has 0 fully saturated rings. The van der Waals surface area contributed by atoms with Gasteiger partial charge in [0.25, 0.3) is 12.3 Å². The van der Waals surface area contributed by atoms with E-state index in [1.165, 1.54) is 42.6 Å². The fourth-order valence-corrected chi connectivity index (χ4v) is 3.24. The summed E-state index contributed by atoms with van der Waals surface area (Å²) in [6.45, 7) is 3.38. The Bertz CT molecular complexity index is 1310. The number of amides is 2. The number of benzene rings is 1. The molecule has 38 heavy (non-hydrogen) atoms. The summed E-state index contributed by atoms with van der Waals surface area (Å²) in [5.74, 6) is -1.41. The molecular weight excluding hydrogens is 509 g/mol. The Morgan fingerprint density at radius 3 is 2.39 bits per heavy atom. The number of allylic oxidation sites excluding steroid dienone is 4. The minimum Gasteiger partial charge on any atom is -0.361 e. The Hall–Kier alpha value is -4.35. The van der Waals surface area contributed by atoms with E-state index in [4.69, 9.17) is 5.41 Å². The van der Waals surface area contributed by atoms with E-state index in [1.807, 2.05) is 0 Å². The van der Waals surface area contributed by atoms with E-state index < -0.39 is 29.8 Å². The molecule has 1 aromatic heterocycles. The highest BCUT2D eigenvalue weighted by atomic mass is 19.4. The lowest BCUT2D eigenvalue weighted by atomic mass is 10.0. The van der Waals surface area contributed by atoms with Crippen molar-refractivity contribution in [3.63, 3.8) is 0 Å². The maximum Gasteiger partial charge on any atom is 0.416 e. The van der Waals surface area contributed by atoms with Gasteiger partial charge in [0.15, 0.2) is 0 Å². The summed E-state index contributed by atoms with van der Waals surface area (Å²) in [5.41, 5.74) is -0.719. The fraction of sp³-hybridized carbons (Fsp3) is 0.231. The molecule has 0 spiro atoms. The van der Waals surface area contributed by atoms with Crippen LogP contribution in [0.3, 0.4) is 0 Å². The number of anilines is 1. The van der Waals surface area contributed by atoms with Crippen LogP contribution in [-0.4, -0.2) is 22.5 Å². The van der Waals surface area contributed by atoms with Gasteiger partial charge in [-0.15, -0.1) is 0 Å². The number of hydrogen-bond acceptors (Lipinski definition) is 5. The van der Waals surface area contributed by atoms with Gasteiger partial charge in [-0.3, -0.25) is 14.6 Å². The van der Waals surface area contributed by atoms with Gasteiger partial charge >= 0.3 is 6.18 Å². The summed E-state index contributed by atoms with van der Waals surface area (Å²) in [7, 11) is 0. The first-order valence-corrected chi connectivity index (χ1v) is 11.3. The van der Waals surface area contributed by atoms with E-state index in [2.05, 4.69) is 20.9 Å². The van der Waals surface area contributed by atoms with Gasteiger partial charge < -0.3 is 21.4 Å². The van der Waals surface area contributed by atoms with Crippen LogP contribution < -0.4 is 16.0 Å². The number of halogens is 5. The zero-order chi connectivity index (χ0) is 28.0. The first kappa shape index (κ1) is 28.2. The minimum atomic E-state index is -4.47. The van der Waals surface area contributed by atoms with Gasteiger partial charge in [0.1, 0.15) is 5.69 Å². The molecule has 0 radical (unpaired) electrons. The van der Waals surface area contributed by atoms with Crippen LogP contribution in [-0.2, 0) is 17.5 Å². The molecule has 0 atom stereocenters. The van der Waals surface area contributed by atoms with Crippen LogP contribution >= 0.6 is 0 Å². The topological polar surface area (TPSA) is 107 Å². The lowest BCUT2D eigenvalue weighted by molar-refractivity contribution is -0.137. The summed E-state index contributed by atoms with van der Waals surface area (Å²) >= 11 is 0. The van der Waals surface area contributed by atoms with Crippen molar-refractivity contribution < 1.29 is 31.5 Å². The molecule has 0 saturated carbocycles. The van der Waals surface area contributed by atoms with E-state index in [1.54, 1.807) is 13.8 Å². The van der Waals surface area contributed by atoms with Gasteiger partial charge in [-0.2, -0.15) is 13.2 Å². The number of carbonyl (C=O) groups is 2. The van der Waals surface area contributed by atoms with Crippen LogP contribution in [0, 0.1) is 11.3 Å². The van der Waals surface area contributed by atoms with E-state index in [0.29, 0.717) is 11.3 Å². The fourth-order valence-electron chi connectivity index (χ4n) is 3.24. The first-order chi connectivity index (χ1) is 17.8. The molecule has 200 valence electrons. The molecule has 1 aliphatic rings. The molecule has 4 N–H and O–H groups in total. The highest BCUT2D eigenvalue weighted by Crippen LogP contribution is 2.30. The highest BCUT2D eigenvalue weighted by molar-refractivity contribution is 6.10. The third kappa shape index (κ3) is 7.34. The average molecular weight is 534 g/mol. The van der Waals surface area contributed by atoms with Crippen LogP contribution in [0.2, 0.25) is 0 Å².